The molecule has 3 N–H and O–H groups in total. The maximum atomic E-state index is 13.1. The van der Waals surface area contributed by atoms with Crippen molar-refractivity contribution < 1.29 is 80.2 Å². The van der Waals surface area contributed by atoms with E-state index in [1.807, 2.05) is 0 Å². The van der Waals surface area contributed by atoms with Crippen molar-refractivity contribution in [3.05, 3.63) is 0 Å². The Morgan fingerprint density at radius 3 is 0.740 bits per heavy atom. The third-order valence-corrected chi connectivity index (χ3v) is 20.3. The van der Waals surface area contributed by atoms with E-state index in [4.69, 9.17) is 37.0 Å². The fraction of sp³-hybridized carbons (Fsp3) is 0.948. The number of phosphoric ester groups is 2. The van der Waals surface area contributed by atoms with Crippen molar-refractivity contribution in [2.24, 2.45) is 5.92 Å². The molecule has 570 valence electrons. The molecule has 0 saturated carbocycles. The highest BCUT2D eigenvalue weighted by molar-refractivity contribution is 7.47. The molecule has 0 heterocycles. The SMILES string of the molecule is CCCCCCCCCCCCCCCCCCCCCCCC(=O)O[C@H](COC(=O)CCCCCCCCCCCCCCCCC(C)CC)COP(=O)(O)OC[C@@H](O)COP(=O)(O)OC[C@@H](COC(=O)CCCCCCCCC)OC(=O)CCCCCCCCCCCC. The Hall–Kier alpha value is -1.94. The van der Waals surface area contributed by atoms with Crippen molar-refractivity contribution in [2.75, 3.05) is 39.6 Å². The second-order valence-electron chi connectivity index (χ2n) is 28.0. The molecule has 96 heavy (non-hydrogen) atoms. The molecule has 17 nitrogen and oxygen atoms in total. The molecule has 0 rings (SSSR count). The Morgan fingerprint density at radius 1 is 0.292 bits per heavy atom. The Kier molecular flexibility index (Phi) is 68.7. The Labute approximate surface area is 588 Å². The molecule has 0 bridgehead atoms. The number of phosphoric acid groups is 2. The van der Waals surface area contributed by atoms with Crippen LogP contribution in [0.2, 0.25) is 0 Å². The summed E-state index contributed by atoms with van der Waals surface area (Å²) < 4.78 is 68.4. The quantitative estimate of drug-likeness (QED) is 0.0222. The number of hydrogen-bond donors (Lipinski definition) is 3. The third kappa shape index (κ3) is 69.2. The van der Waals surface area contributed by atoms with Gasteiger partial charge < -0.3 is 33.8 Å². The molecule has 19 heteroatoms. The van der Waals surface area contributed by atoms with Crippen LogP contribution in [0.15, 0.2) is 0 Å². The minimum Gasteiger partial charge on any atom is -0.462 e. The van der Waals surface area contributed by atoms with E-state index in [1.165, 1.54) is 218 Å². The molecule has 0 aliphatic heterocycles. The van der Waals surface area contributed by atoms with Crippen molar-refractivity contribution in [3.8, 4) is 0 Å². The maximum Gasteiger partial charge on any atom is 0.472 e. The fourth-order valence-electron chi connectivity index (χ4n) is 11.8. The molecule has 0 saturated heterocycles. The predicted molar refractivity (Wildman–Crippen MR) is 391 cm³/mol. The number of aliphatic hydroxyl groups excluding tert-OH is 1. The number of esters is 4. The van der Waals surface area contributed by atoms with Gasteiger partial charge in [-0.3, -0.25) is 37.3 Å². The van der Waals surface area contributed by atoms with Crippen molar-refractivity contribution in [2.45, 2.75) is 425 Å². The van der Waals surface area contributed by atoms with E-state index in [0.717, 1.165) is 109 Å². The lowest BCUT2D eigenvalue weighted by atomic mass is 9.99. The molecule has 6 atom stereocenters. The minimum absolute atomic E-state index is 0.106. The second-order valence-corrected chi connectivity index (χ2v) is 30.9. The van der Waals surface area contributed by atoms with Crippen LogP contribution in [0.5, 0.6) is 0 Å². The van der Waals surface area contributed by atoms with Gasteiger partial charge in [-0.2, -0.15) is 0 Å². The van der Waals surface area contributed by atoms with Crippen LogP contribution in [0.4, 0.5) is 0 Å². The number of aliphatic hydroxyl groups is 1. The van der Waals surface area contributed by atoms with E-state index in [0.29, 0.717) is 25.7 Å². The molecule has 0 spiro atoms. The number of rotatable bonds is 77. The topological polar surface area (TPSA) is 237 Å². The van der Waals surface area contributed by atoms with Crippen LogP contribution in [0.3, 0.4) is 0 Å². The summed E-state index contributed by atoms with van der Waals surface area (Å²) >= 11 is 0. The molecular weight excluding hydrogens is 1260 g/mol. The smallest absolute Gasteiger partial charge is 0.462 e. The standard InChI is InChI=1S/C77H150O17P2/c1-6-10-13-16-19-21-23-24-25-26-27-28-29-30-31-36-39-43-48-53-58-63-77(82)94-73(67-88-75(80)61-56-51-46-42-38-35-33-32-34-37-40-45-49-54-59-70(5)9-4)69-92-96(85,86)90-65-71(78)64-89-95(83,84)91-68-72(66-87-74(79)60-55-50-44-18-15-12-8-3)93-76(81)62-57-52-47-41-22-20-17-14-11-7-2/h70-73,78H,6-69H2,1-5H3,(H,83,84)(H,85,86)/t70?,71-,72+,73+/m0/s1. The van der Waals surface area contributed by atoms with E-state index in [2.05, 4.69) is 34.6 Å². The molecule has 0 radical (unpaired) electrons. The lowest BCUT2D eigenvalue weighted by Gasteiger charge is -2.21. The molecule has 0 aromatic heterocycles. The lowest BCUT2D eigenvalue weighted by molar-refractivity contribution is -0.161. The van der Waals surface area contributed by atoms with Gasteiger partial charge in [-0.15, -0.1) is 0 Å². The highest BCUT2D eigenvalue weighted by Crippen LogP contribution is 2.45. The van der Waals surface area contributed by atoms with Crippen molar-refractivity contribution in [1.29, 1.82) is 0 Å². The zero-order chi connectivity index (χ0) is 70.5. The average molecular weight is 1410 g/mol. The maximum absolute atomic E-state index is 13.1. The summed E-state index contributed by atoms with van der Waals surface area (Å²) in [6.45, 7) is 7.30. The highest BCUT2D eigenvalue weighted by Gasteiger charge is 2.30. The van der Waals surface area contributed by atoms with Crippen LogP contribution in [0, 0.1) is 5.92 Å². The summed E-state index contributed by atoms with van der Waals surface area (Å²) in [5.41, 5.74) is 0. The van der Waals surface area contributed by atoms with Crippen LogP contribution in [-0.4, -0.2) is 96.7 Å². The van der Waals surface area contributed by atoms with Gasteiger partial charge in [0.25, 0.3) is 0 Å². The summed E-state index contributed by atoms with van der Waals surface area (Å²) in [7, 11) is -9.90. The molecule has 0 aromatic rings. The van der Waals surface area contributed by atoms with E-state index in [-0.39, 0.29) is 25.7 Å². The summed E-state index contributed by atoms with van der Waals surface area (Å²) in [5, 5.41) is 10.6. The van der Waals surface area contributed by atoms with Crippen molar-refractivity contribution in [1.82, 2.24) is 0 Å². The molecule has 0 aliphatic rings. The summed E-state index contributed by atoms with van der Waals surface area (Å²) in [4.78, 5) is 72.6. The van der Waals surface area contributed by atoms with Gasteiger partial charge in [0.05, 0.1) is 26.4 Å². The van der Waals surface area contributed by atoms with Gasteiger partial charge in [-0.05, 0) is 31.6 Å². The van der Waals surface area contributed by atoms with E-state index in [1.54, 1.807) is 0 Å². The zero-order valence-corrected chi connectivity index (χ0v) is 64.3. The first kappa shape index (κ1) is 94.1. The van der Waals surface area contributed by atoms with Crippen LogP contribution >= 0.6 is 15.6 Å². The minimum atomic E-state index is -4.96. The number of ether oxygens (including phenoxy) is 4. The van der Waals surface area contributed by atoms with Crippen LogP contribution < -0.4 is 0 Å². The second kappa shape index (κ2) is 70.1. The summed E-state index contributed by atoms with van der Waals surface area (Å²) in [6, 6.07) is 0. The van der Waals surface area contributed by atoms with Crippen LogP contribution in [-0.2, 0) is 65.4 Å². The van der Waals surface area contributed by atoms with Gasteiger partial charge in [0.2, 0.25) is 0 Å². The van der Waals surface area contributed by atoms with Crippen LogP contribution in [0.1, 0.15) is 407 Å². The first-order chi connectivity index (χ1) is 46.6. The molecule has 0 fully saturated rings. The molecule has 3 unspecified atom stereocenters. The molecule has 0 aliphatic carbocycles. The van der Waals surface area contributed by atoms with E-state index >= 15 is 0 Å². The Bertz CT molecular complexity index is 1840. The van der Waals surface area contributed by atoms with E-state index in [9.17, 15) is 43.2 Å². The molecule has 0 aromatic carbocycles. The molecular formula is C77H150O17P2. The van der Waals surface area contributed by atoms with Crippen molar-refractivity contribution >= 4 is 39.5 Å². The highest BCUT2D eigenvalue weighted by atomic mass is 31.2. The fourth-order valence-corrected chi connectivity index (χ4v) is 13.4. The Balaban J connectivity index is 5.15. The van der Waals surface area contributed by atoms with Crippen molar-refractivity contribution in [3.63, 3.8) is 0 Å². The first-order valence-corrected chi connectivity index (χ1v) is 43.2. The Morgan fingerprint density at radius 2 is 0.500 bits per heavy atom. The molecule has 0 amide bonds. The largest absolute Gasteiger partial charge is 0.472 e. The third-order valence-electron chi connectivity index (χ3n) is 18.4. The van der Waals surface area contributed by atoms with Gasteiger partial charge in [-0.1, -0.05) is 356 Å². The zero-order valence-electron chi connectivity index (χ0n) is 62.5. The van der Waals surface area contributed by atoms with Gasteiger partial charge in [-0.25, -0.2) is 9.13 Å². The summed E-state index contributed by atoms with van der Waals surface area (Å²) in [6.07, 6.45) is 59.9. The normalized spacial score (nSPS) is 14.2. The van der Waals surface area contributed by atoms with E-state index < -0.39 is 97.5 Å². The van der Waals surface area contributed by atoms with Gasteiger partial charge in [0, 0.05) is 25.7 Å². The predicted octanol–water partition coefficient (Wildman–Crippen LogP) is 22.9. The lowest BCUT2D eigenvalue weighted by Crippen LogP contribution is -2.30. The monoisotopic (exact) mass is 1410 g/mol. The number of hydrogen-bond acceptors (Lipinski definition) is 15. The number of carbonyl (C=O) groups is 4. The van der Waals surface area contributed by atoms with Crippen LogP contribution in [0.25, 0.3) is 0 Å². The average Bonchev–Trinajstić information content (AvgIpc) is 1.31. The summed E-state index contributed by atoms with van der Waals surface area (Å²) in [5.74, 6) is -1.27. The van der Waals surface area contributed by atoms with Gasteiger partial charge in [0.1, 0.15) is 19.3 Å². The number of carbonyl (C=O) groups excluding carboxylic acids is 4. The van der Waals surface area contributed by atoms with Gasteiger partial charge >= 0.3 is 39.5 Å². The van der Waals surface area contributed by atoms with Gasteiger partial charge in [0.15, 0.2) is 12.2 Å². The first-order valence-electron chi connectivity index (χ1n) is 40.2. The number of unbranched alkanes of at least 4 members (excludes halogenated alkanes) is 48.